The normalized spacial score (nSPS) is 20.5. The molecular weight excluding hydrogens is 512 g/mol. The van der Waals surface area contributed by atoms with Crippen molar-refractivity contribution in [1.82, 2.24) is 4.57 Å². The zero-order valence-corrected chi connectivity index (χ0v) is 20.8. The number of alkyl halides is 6. The molecule has 0 aliphatic heterocycles. The highest BCUT2D eigenvalue weighted by atomic mass is 19.4. The number of benzene rings is 4. The minimum atomic E-state index is -4.43. The van der Waals surface area contributed by atoms with E-state index in [0.29, 0.717) is 0 Å². The number of aromatic nitrogens is 1. The molecule has 0 N–H and O–H groups in total. The average molecular weight is 538 g/mol. The molecule has 1 nitrogen and oxygen atoms in total. The third-order valence-electron chi connectivity index (χ3n) is 8.10. The SMILES string of the molecule is FC(F)(F)c1ccc(C2CCCC(c3ccc(C(F)(F)F)cc3)C2n2c3ccccc3c3ccccc32)cc1. The average Bonchev–Trinajstić information content (AvgIpc) is 3.26. The molecule has 7 heteroatoms. The third kappa shape index (κ3) is 4.58. The van der Waals surface area contributed by atoms with Gasteiger partial charge in [-0.15, -0.1) is 0 Å². The lowest BCUT2D eigenvalue weighted by atomic mass is 9.70. The molecule has 1 aliphatic rings. The van der Waals surface area contributed by atoms with E-state index in [4.69, 9.17) is 0 Å². The maximum atomic E-state index is 13.3. The van der Waals surface area contributed by atoms with Crippen LogP contribution < -0.4 is 0 Å². The minimum absolute atomic E-state index is 0.132. The zero-order chi connectivity index (χ0) is 27.4. The Morgan fingerprint density at radius 2 is 0.897 bits per heavy atom. The lowest BCUT2D eigenvalue weighted by Gasteiger charge is -2.41. The van der Waals surface area contributed by atoms with Crippen LogP contribution in [0.3, 0.4) is 0 Å². The van der Waals surface area contributed by atoms with Gasteiger partial charge in [0.25, 0.3) is 0 Å². The maximum Gasteiger partial charge on any atom is 0.416 e. The van der Waals surface area contributed by atoms with Gasteiger partial charge in [0.05, 0.1) is 11.1 Å². The molecule has 0 bridgehead atoms. The monoisotopic (exact) mass is 537 g/mol. The van der Waals surface area contributed by atoms with Gasteiger partial charge in [-0.1, -0.05) is 67.1 Å². The van der Waals surface area contributed by atoms with Crippen molar-refractivity contribution in [3.05, 3.63) is 119 Å². The van der Waals surface area contributed by atoms with Gasteiger partial charge in [-0.05, 0) is 60.4 Å². The molecule has 1 aromatic heterocycles. The first-order valence-electron chi connectivity index (χ1n) is 12.9. The molecule has 1 heterocycles. The summed E-state index contributed by atoms with van der Waals surface area (Å²) in [5.41, 5.74) is 2.20. The molecule has 0 amide bonds. The second kappa shape index (κ2) is 9.47. The number of halogens is 6. The number of rotatable bonds is 3. The first-order chi connectivity index (χ1) is 18.6. The summed E-state index contributed by atoms with van der Waals surface area (Å²) < 4.78 is 82.2. The molecule has 39 heavy (non-hydrogen) atoms. The second-order valence-corrected chi connectivity index (χ2v) is 10.3. The first kappa shape index (κ1) is 25.5. The number of hydrogen-bond donors (Lipinski definition) is 0. The van der Waals surface area contributed by atoms with Gasteiger partial charge in [0.15, 0.2) is 0 Å². The number of hydrogen-bond acceptors (Lipinski definition) is 0. The Balaban J connectivity index is 1.55. The first-order valence-corrected chi connectivity index (χ1v) is 12.9. The largest absolute Gasteiger partial charge is 0.416 e. The second-order valence-electron chi connectivity index (χ2n) is 10.3. The molecule has 6 rings (SSSR count). The van der Waals surface area contributed by atoms with Gasteiger partial charge in [0.2, 0.25) is 0 Å². The van der Waals surface area contributed by atoms with Crippen LogP contribution in [0.25, 0.3) is 21.8 Å². The lowest BCUT2D eigenvalue weighted by Crippen LogP contribution is -2.29. The van der Waals surface area contributed by atoms with Crippen molar-refractivity contribution in [2.75, 3.05) is 0 Å². The van der Waals surface area contributed by atoms with Crippen molar-refractivity contribution < 1.29 is 26.3 Å². The van der Waals surface area contributed by atoms with E-state index >= 15 is 0 Å². The van der Waals surface area contributed by atoms with Gasteiger partial charge >= 0.3 is 12.4 Å². The van der Waals surface area contributed by atoms with Crippen molar-refractivity contribution in [1.29, 1.82) is 0 Å². The fourth-order valence-electron chi connectivity index (χ4n) is 6.38. The van der Waals surface area contributed by atoms with E-state index in [1.54, 1.807) is 24.3 Å². The Morgan fingerprint density at radius 1 is 0.513 bits per heavy atom. The summed E-state index contributed by atoms with van der Waals surface area (Å²) in [5.74, 6) is -0.264. The van der Waals surface area contributed by atoms with Gasteiger partial charge in [-0.25, -0.2) is 0 Å². The Bertz CT molecular complexity index is 1490. The fraction of sp³-hybridized carbons (Fsp3) is 0.250. The minimum Gasteiger partial charge on any atom is -0.336 e. The highest BCUT2D eigenvalue weighted by molar-refractivity contribution is 6.08. The van der Waals surface area contributed by atoms with E-state index in [0.717, 1.165) is 76.5 Å². The molecule has 200 valence electrons. The zero-order valence-electron chi connectivity index (χ0n) is 20.8. The smallest absolute Gasteiger partial charge is 0.336 e. The Morgan fingerprint density at radius 3 is 1.28 bits per heavy atom. The van der Waals surface area contributed by atoms with Crippen molar-refractivity contribution in [2.45, 2.75) is 49.5 Å². The molecule has 5 aromatic rings. The maximum absolute atomic E-state index is 13.3. The summed E-state index contributed by atoms with van der Waals surface area (Å²) in [6.45, 7) is 0. The fourth-order valence-corrected chi connectivity index (χ4v) is 6.38. The van der Waals surface area contributed by atoms with E-state index in [1.807, 2.05) is 36.4 Å². The Labute approximate surface area is 221 Å². The van der Waals surface area contributed by atoms with Crippen LogP contribution in [0.2, 0.25) is 0 Å². The van der Waals surface area contributed by atoms with Crippen LogP contribution >= 0.6 is 0 Å². The summed E-state index contributed by atoms with van der Waals surface area (Å²) >= 11 is 0. The number of fused-ring (bicyclic) bond motifs is 3. The predicted octanol–water partition coefficient (Wildman–Crippen LogP) is 10.1. The molecule has 1 aliphatic carbocycles. The van der Waals surface area contributed by atoms with Crippen LogP contribution in [0.4, 0.5) is 26.3 Å². The van der Waals surface area contributed by atoms with E-state index in [9.17, 15) is 26.3 Å². The quantitative estimate of drug-likeness (QED) is 0.202. The van der Waals surface area contributed by atoms with E-state index in [-0.39, 0.29) is 17.9 Å². The standard InChI is InChI=1S/C32H25F6N/c33-31(34,35)22-16-12-20(13-17-22)24-8-5-9-25(21-14-18-23(19-15-21)32(36,37)38)30(24)39-28-10-3-1-6-26(28)27-7-2-4-11-29(27)39/h1-4,6-7,10-19,24-25,30H,5,8-9H2. The summed E-state index contributed by atoms with van der Waals surface area (Å²) in [6.07, 6.45) is -6.53. The van der Waals surface area contributed by atoms with Crippen LogP contribution in [0.15, 0.2) is 97.1 Å². The van der Waals surface area contributed by atoms with Crippen LogP contribution in [-0.4, -0.2) is 4.57 Å². The van der Waals surface area contributed by atoms with Crippen molar-refractivity contribution >= 4 is 21.8 Å². The molecule has 1 saturated carbocycles. The van der Waals surface area contributed by atoms with Crippen molar-refractivity contribution in [3.8, 4) is 0 Å². The summed E-state index contributed by atoms with van der Waals surface area (Å²) in [7, 11) is 0. The highest BCUT2D eigenvalue weighted by Crippen LogP contribution is 2.52. The lowest BCUT2D eigenvalue weighted by molar-refractivity contribution is -0.138. The highest BCUT2D eigenvalue weighted by Gasteiger charge is 2.39. The molecule has 2 unspecified atom stereocenters. The molecule has 0 spiro atoms. The Kier molecular flexibility index (Phi) is 6.20. The molecular formula is C32H25F6N. The molecule has 1 fully saturated rings. The van der Waals surface area contributed by atoms with Gasteiger partial charge in [0, 0.05) is 39.7 Å². The van der Waals surface area contributed by atoms with Gasteiger partial charge < -0.3 is 4.57 Å². The predicted molar refractivity (Wildman–Crippen MR) is 141 cm³/mol. The summed E-state index contributed by atoms with van der Waals surface area (Å²) in [5, 5.41) is 2.13. The molecule has 0 radical (unpaired) electrons. The summed E-state index contributed by atoms with van der Waals surface area (Å²) in [4.78, 5) is 0. The topological polar surface area (TPSA) is 4.93 Å². The number of para-hydroxylation sites is 2. The Hall–Kier alpha value is -3.74. The van der Waals surface area contributed by atoms with Gasteiger partial charge in [0.1, 0.15) is 0 Å². The number of nitrogens with zero attached hydrogens (tertiary/aromatic N) is 1. The van der Waals surface area contributed by atoms with Crippen molar-refractivity contribution in [2.24, 2.45) is 0 Å². The van der Waals surface area contributed by atoms with Crippen LogP contribution in [-0.2, 0) is 12.4 Å². The molecule has 0 saturated heterocycles. The third-order valence-corrected chi connectivity index (χ3v) is 8.10. The molecule has 4 aromatic carbocycles. The van der Waals surface area contributed by atoms with Crippen molar-refractivity contribution in [3.63, 3.8) is 0 Å². The van der Waals surface area contributed by atoms with Gasteiger partial charge in [-0.3, -0.25) is 0 Å². The van der Waals surface area contributed by atoms with E-state index < -0.39 is 23.5 Å². The van der Waals surface area contributed by atoms with Crippen LogP contribution in [0.1, 0.15) is 59.4 Å². The van der Waals surface area contributed by atoms with E-state index in [1.165, 1.54) is 0 Å². The van der Waals surface area contributed by atoms with Crippen LogP contribution in [0, 0.1) is 0 Å². The van der Waals surface area contributed by atoms with Crippen LogP contribution in [0.5, 0.6) is 0 Å². The van der Waals surface area contributed by atoms with Gasteiger partial charge in [-0.2, -0.15) is 26.3 Å². The van der Waals surface area contributed by atoms with E-state index in [2.05, 4.69) is 16.7 Å². The summed E-state index contributed by atoms with van der Waals surface area (Å²) in [6, 6.07) is 26.6. The molecule has 2 atom stereocenters.